The lowest BCUT2D eigenvalue weighted by atomic mass is 9.99. The minimum atomic E-state index is -0.367. The predicted octanol–water partition coefficient (Wildman–Crippen LogP) is 6.92. The van der Waals surface area contributed by atoms with Crippen molar-refractivity contribution in [1.29, 1.82) is 0 Å². The first kappa shape index (κ1) is 29.3. The molecule has 0 spiro atoms. The van der Waals surface area contributed by atoms with E-state index in [1.165, 1.54) is 40.9 Å². The van der Waals surface area contributed by atoms with E-state index in [-0.39, 0.29) is 47.5 Å². The lowest BCUT2D eigenvalue weighted by Gasteiger charge is -2.24. The molecule has 1 N–H and O–H groups in total. The highest BCUT2D eigenvalue weighted by Gasteiger charge is 2.38. The molecule has 1 aliphatic rings. The number of hydrogen-bond donors (Lipinski definition) is 1. The molecular weight excluding hydrogens is 578 g/mol. The van der Waals surface area contributed by atoms with E-state index in [0.29, 0.717) is 11.5 Å². The maximum absolute atomic E-state index is 14.0. The molecule has 1 aliphatic heterocycles. The van der Waals surface area contributed by atoms with Crippen molar-refractivity contribution in [2.45, 2.75) is 25.6 Å². The number of carbonyl (C=O) groups excluding carboxylic acids is 2. The third-order valence-electron chi connectivity index (χ3n) is 7.59. The van der Waals surface area contributed by atoms with Crippen LogP contribution in [0.2, 0.25) is 0 Å². The Kier molecular flexibility index (Phi) is 8.30. The third kappa shape index (κ3) is 6.01. The number of nitrogens with zero attached hydrogens (tertiary/aromatic N) is 3. The molecule has 0 saturated heterocycles. The van der Waals surface area contributed by atoms with Gasteiger partial charge in [-0.25, -0.2) is 13.5 Å². The summed E-state index contributed by atoms with van der Waals surface area (Å²) in [5, 5.41) is 7.63. The van der Waals surface area contributed by atoms with Crippen LogP contribution in [-0.4, -0.2) is 33.9 Å². The number of aryl methyl sites for hydroxylation is 2. The second-order valence-corrected chi connectivity index (χ2v) is 11.9. The lowest BCUT2D eigenvalue weighted by molar-refractivity contribution is -0.123. The van der Waals surface area contributed by atoms with Gasteiger partial charge in [-0.1, -0.05) is 72.3 Å². The van der Waals surface area contributed by atoms with Gasteiger partial charge in [-0.3, -0.25) is 14.5 Å². The van der Waals surface area contributed by atoms with E-state index >= 15 is 0 Å². The molecule has 222 valence electrons. The molecule has 6 rings (SSSR count). The molecule has 2 heterocycles. The van der Waals surface area contributed by atoms with Crippen LogP contribution < -0.4 is 10.2 Å². The lowest BCUT2D eigenvalue weighted by Crippen LogP contribution is -2.42. The fourth-order valence-corrected chi connectivity index (χ4v) is 6.64. The van der Waals surface area contributed by atoms with Gasteiger partial charge in [-0.2, -0.15) is 5.10 Å². The van der Waals surface area contributed by atoms with Crippen molar-refractivity contribution >= 4 is 29.4 Å². The number of anilines is 1. The molecule has 1 aromatic heterocycles. The second-order valence-electron chi connectivity index (χ2n) is 10.8. The second kappa shape index (κ2) is 12.5. The molecule has 0 radical (unpaired) electrons. The molecule has 0 saturated carbocycles. The van der Waals surface area contributed by atoms with Crippen molar-refractivity contribution < 1.29 is 18.4 Å². The first-order valence-electron chi connectivity index (χ1n) is 14.2. The summed E-state index contributed by atoms with van der Waals surface area (Å²) in [5.74, 6) is -0.723. The summed E-state index contributed by atoms with van der Waals surface area (Å²) < 4.78 is 29.2. The normalized spacial score (nSPS) is 14.7. The Morgan fingerprint density at radius 2 is 1.61 bits per heavy atom. The quantitative estimate of drug-likeness (QED) is 0.218. The molecule has 44 heavy (non-hydrogen) atoms. The number of hydrogen-bond acceptors (Lipinski definition) is 4. The summed E-state index contributed by atoms with van der Waals surface area (Å²) in [6.45, 7) is 3.95. The molecule has 1 atom stereocenters. The molecule has 0 unspecified atom stereocenters. The molecule has 5 aromatic rings. The number of benzene rings is 4. The van der Waals surface area contributed by atoms with Crippen LogP contribution in [0.3, 0.4) is 0 Å². The smallest absolute Gasteiger partial charge is 0.240 e. The number of nitrogens with one attached hydrogen (secondary N) is 1. The maximum atomic E-state index is 14.0. The number of thioether (sulfide) groups is 1. The van der Waals surface area contributed by atoms with Crippen molar-refractivity contribution in [3.8, 4) is 16.9 Å². The van der Waals surface area contributed by atoms with E-state index in [2.05, 4.69) is 11.4 Å². The standard InChI is InChI=1S/C35H30F2N4O2S/c1-22-8-17-29(23(2)18-22)41-35-32(33(39-41)25-6-4-3-5-7-25)34(26-11-15-28(37)16-12-26)44-21-31(43)40(35)20-30(42)38-19-24-9-13-27(36)14-10-24/h3-18,34H,19-21H2,1-2H3,(H,38,42)/t34-/m0/s1. The fraction of sp³-hybridized carbons (Fsp3) is 0.171. The van der Waals surface area contributed by atoms with Crippen LogP contribution >= 0.6 is 11.8 Å². The van der Waals surface area contributed by atoms with Crippen molar-refractivity contribution in [2.24, 2.45) is 0 Å². The number of halogens is 2. The van der Waals surface area contributed by atoms with Crippen LogP contribution in [0, 0.1) is 25.5 Å². The predicted molar refractivity (Wildman–Crippen MR) is 170 cm³/mol. The monoisotopic (exact) mass is 608 g/mol. The number of amides is 2. The van der Waals surface area contributed by atoms with Gasteiger partial charge in [-0.15, -0.1) is 11.8 Å². The van der Waals surface area contributed by atoms with E-state index < -0.39 is 0 Å². The Bertz CT molecular complexity index is 1820. The Balaban J connectivity index is 1.51. The average molecular weight is 609 g/mol. The first-order chi connectivity index (χ1) is 21.3. The summed E-state index contributed by atoms with van der Waals surface area (Å²) in [7, 11) is 0. The number of rotatable bonds is 7. The van der Waals surface area contributed by atoms with Crippen molar-refractivity contribution in [3.63, 3.8) is 0 Å². The molecule has 6 nitrogen and oxygen atoms in total. The molecule has 0 aliphatic carbocycles. The van der Waals surface area contributed by atoms with Gasteiger partial charge in [-0.05, 0) is 60.9 Å². The Morgan fingerprint density at radius 3 is 2.30 bits per heavy atom. The van der Waals surface area contributed by atoms with Crippen LogP contribution in [0.15, 0.2) is 97.1 Å². The first-order valence-corrected chi connectivity index (χ1v) is 15.3. The maximum Gasteiger partial charge on any atom is 0.240 e. The Morgan fingerprint density at radius 1 is 0.932 bits per heavy atom. The van der Waals surface area contributed by atoms with E-state index in [1.54, 1.807) is 28.9 Å². The minimum absolute atomic E-state index is 0.100. The number of fused-ring (bicyclic) bond motifs is 1. The molecule has 0 bridgehead atoms. The van der Waals surface area contributed by atoms with Gasteiger partial charge in [0.2, 0.25) is 11.8 Å². The van der Waals surface area contributed by atoms with Crippen LogP contribution in [0.4, 0.5) is 14.6 Å². The minimum Gasteiger partial charge on any atom is -0.350 e. The van der Waals surface area contributed by atoms with E-state index in [9.17, 15) is 18.4 Å². The van der Waals surface area contributed by atoms with E-state index in [0.717, 1.165) is 39.1 Å². The highest BCUT2D eigenvalue weighted by Crippen LogP contribution is 2.48. The van der Waals surface area contributed by atoms with Gasteiger partial charge < -0.3 is 5.32 Å². The zero-order chi connectivity index (χ0) is 30.8. The highest BCUT2D eigenvalue weighted by atomic mass is 32.2. The Labute approximate surface area is 258 Å². The van der Waals surface area contributed by atoms with Gasteiger partial charge in [0, 0.05) is 17.7 Å². The van der Waals surface area contributed by atoms with Crippen LogP contribution in [0.1, 0.15) is 33.1 Å². The van der Waals surface area contributed by atoms with Crippen molar-refractivity contribution in [2.75, 3.05) is 17.2 Å². The molecule has 4 aromatic carbocycles. The topological polar surface area (TPSA) is 67.2 Å². The fourth-order valence-electron chi connectivity index (χ4n) is 5.44. The summed E-state index contributed by atoms with van der Waals surface area (Å²) in [4.78, 5) is 28.8. The Hall–Kier alpha value is -4.76. The van der Waals surface area contributed by atoms with Gasteiger partial charge >= 0.3 is 0 Å². The number of carbonyl (C=O) groups is 2. The largest absolute Gasteiger partial charge is 0.350 e. The summed E-state index contributed by atoms with van der Waals surface area (Å²) in [6, 6.07) is 27.9. The van der Waals surface area contributed by atoms with Crippen LogP contribution in [0.25, 0.3) is 16.9 Å². The number of aromatic nitrogens is 2. The van der Waals surface area contributed by atoms with Crippen molar-refractivity contribution in [3.05, 3.63) is 137 Å². The summed E-state index contributed by atoms with van der Waals surface area (Å²) in [5.41, 5.74) is 6.68. The summed E-state index contributed by atoms with van der Waals surface area (Å²) >= 11 is 1.43. The average Bonchev–Trinajstić information content (AvgIpc) is 3.34. The zero-order valence-electron chi connectivity index (χ0n) is 24.3. The molecule has 2 amide bonds. The van der Waals surface area contributed by atoms with E-state index in [1.807, 2.05) is 56.3 Å². The molecule has 0 fully saturated rings. The summed E-state index contributed by atoms with van der Waals surface area (Å²) in [6.07, 6.45) is 0. The van der Waals surface area contributed by atoms with Crippen molar-refractivity contribution in [1.82, 2.24) is 15.1 Å². The van der Waals surface area contributed by atoms with Crippen LogP contribution in [0.5, 0.6) is 0 Å². The van der Waals surface area contributed by atoms with Gasteiger partial charge in [0.05, 0.1) is 22.4 Å². The van der Waals surface area contributed by atoms with Gasteiger partial charge in [0.15, 0.2) is 0 Å². The molecule has 9 heteroatoms. The molecular formula is C35H30F2N4O2S. The van der Waals surface area contributed by atoms with E-state index in [4.69, 9.17) is 5.10 Å². The SMILES string of the molecule is Cc1ccc(-n2nc(-c3ccccc3)c3c2N(CC(=O)NCc2ccc(F)cc2)C(=O)CS[C@H]3c2ccc(F)cc2)c(C)c1. The zero-order valence-corrected chi connectivity index (χ0v) is 25.1. The third-order valence-corrected chi connectivity index (χ3v) is 8.85. The van der Waals surface area contributed by atoms with Crippen LogP contribution in [-0.2, 0) is 16.1 Å². The van der Waals surface area contributed by atoms with Gasteiger partial charge in [0.25, 0.3) is 0 Å². The highest BCUT2D eigenvalue weighted by molar-refractivity contribution is 8.00. The van der Waals surface area contributed by atoms with Gasteiger partial charge in [0.1, 0.15) is 24.0 Å².